The first-order valence-corrected chi connectivity index (χ1v) is 22.7. The molecule has 354 valence electrons. The molecule has 16 nitrogen and oxygen atoms in total. The summed E-state index contributed by atoms with van der Waals surface area (Å²) in [6.07, 6.45) is 5.84. The zero-order chi connectivity index (χ0) is 48.1. The number of ether oxygens (including phenoxy) is 3. The van der Waals surface area contributed by atoms with Gasteiger partial charge in [-0.15, -0.1) is 0 Å². The predicted molar refractivity (Wildman–Crippen MR) is 254 cm³/mol. The molecule has 67 heavy (non-hydrogen) atoms. The van der Waals surface area contributed by atoms with E-state index in [1.54, 1.807) is 32.4 Å². The standard InChI is InChI=1S/C26H31N3O5.C25H29N3O5/c1-15-5-8-19(13-23(15)33-3)27-24(30)17-6-9-20(10-7-17)29-14-21-16(2)11-18(25(31)34-4)12-22(21)28-26(29)32;1-14-4-7-18(12-22(14)33-3)26-23(29)16-5-8-19(9-6-16)28-13-20-15(2)10-17(24(30)31)11-21(20)27-25(28)32/h5,8,11-13,17,20H,6-7,9-10,14H2,1-4H3,(H,27,30)(H,28,32);4,7,10-12,16,19H,5-6,8-9,13H2,1-3H3,(H,26,29)(H,27,32)(H,30,31). The van der Waals surface area contributed by atoms with Gasteiger partial charge in [-0.3, -0.25) is 9.59 Å². The maximum absolute atomic E-state index is 12.9. The number of anilines is 4. The van der Waals surface area contributed by atoms with Crippen LogP contribution in [-0.2, 0) is 27.4 Å². The van der Waals surface area contributed by atoms with E-state index in [1.807, 2.05) is 73.9 Å². The first-order chi connectivity index (χ1) is 32.1. The van der Waals surface area contributed by atoms with Gasteiger partial charge in [-0.05, 0) is 149 Å². The number of nitrogens with one attached hydrogen (secondary N) is 4. The highest BCUT2D eigenvalue weighted by Gasteiger charge is 2.37. The molecular formula is C51H60N6O10. The number of fused-ring (bicyclic) bond motifs is 2. The third-order valence-electron chi connectivity index (χ3n) is 13.6. The van der Waals surface area contributed by atoms with Gasteiger partial charge in [0.15, 0.2) is 0 Å². The van der Waals surface area contributed by atoms with E-state index < -0.39 is 11.9 Å². The van der Waals surface area contributed by atoms with Gasteiger partial charge in [0.1, 0.15) is 11.5 Å². The molecule has 0 saturated heterocycles. The minimum Gasteiger partial charge on any atom is -0.496 e. The number of hydrogen-bond acceptors (Lipinski definition) is 9. The SMILES string of the molecule is COC(=O)c1cc(C)c2c(c1)NC(=O)N(C1CCC(C(=O)Nc3ccc(C)c(OC)c3)CC1)C2.COc1cc(NC(=O)C2CCC(N3Cc4c(C)cc(C(=O)O)cc4NC3=O)CC2)ccc1C. The minimum absolute atomic E-state index is 0.00369. The van der Waals surface area contributed by atoms with Gasteiger partial charge in [0.05, 0.1) is 45.5 Å². The zero-order valence-electron chi connectivity index (χ0n) is 39.2. The molecule has 6 amide bonds. The lowest BCUT2D eigenvalue weighted by Gasteiger charge is -2.39. The number of esters is 1. The second kappa shape index (κ2) is 20.6. The minimum atomic E-state index is -1.02. The van der Waals surface area contributed by atoms with Gasteiger partial charge in [-0.1, -0.05) is 12.1 Å². The van der Waals surface area contributed by atoms with E-state index in [0.717, 1.165) is 89.1 Å². The smallest absolute Gasteiger partial charge is 0.337 e. The molecule has 8 rings (SSSR count). The number of hydrogen-bond donors (Lipinski definition) is 5. The molecular weight excluding hydrogens is 857 g/mol. The van der Waals surface area contributed by atoms with Gasteiger partial charge in [-0.2, -0.15) is 0 Å². The van der Waals surface area contributed by atoms with Crippen LogP contribution in [0.5, 0.6) is 11.5 Å². The lowest BCUT2D eigenvalue weighted by Crippen LogP contribution is -2.47. The van der Waals surface area contributed by atoms with Crippen molar-refractivity contribution in [1.29, 1.82) is 0 Å². The Morgan fingerprint density at radius 2 is 0.970 bits per heavy atom. The largest absolute Gasteiger partial charge is 0.496 e. The fraction of sp³-hybridized carbons (Fsp3) is 0.412. The third kappa shape index (κ3) is 10.8. The maximum atomic E-state index is 12.9. The van der Waals surface area contributed by atoms with Crippen LogP contribution in [0, 0.1) is 39.5 Å². The molecule has 4 aliphatic rings. The number of nitrogens with zero attached hydrogens (tertiary/aromatic N) is 2. The average Bonchev–Trinajstić information content (AvgIpc) is 3.32. The summed E-state index contributed by atoms with van der Waals surface area (Å²) in [7, 11) is 4.56. The van der Waals surface area contributed by atoms with Gasteiger partial charge in [-0.25, -0.2) is 19.2 Å². The molecule has 2 saturated carbocycles. The van der Waals surface area contributed by atoms with E-state index in [1.165, 1.54) is 13.2 Å². The van der Waals surface area contributed by atoms with Crippen LogP contribution in [0.25, 0.3) is 0 Å². The summed E-state index contributed by atoms with van der Waals surface area (Å²) >= 11 is 0. The molecule has 5 N–H and O–H groups in total. The van der Waals surface area contributed by atoms with E-state index in [9.17, 15) is 33.9 Å². The van der Waals surface area contributed by atoms with Crippen LogP contribution >= 0.6 is 0 Å². The number of urea groups is 2. The summed E-state index contributed by atoms with van der Waals surface area (Å²) in [6.45, 7) is 8.63. The van der Waals surface area contributed by atoms with Crippen molar-refractivity contribution in [3.63, 3.8) is 0 Å². The van der Waals surface area contributed by atoms with Gasteiger partial charge in [0, 0.05) is 58.8 Å². The molecule has 0 radical (unpaired) electrons. The van der Waals surface area contributed by atoms with Crippen molar-refractivity contribution in [3.8, 4) is 11.5 Å². The van der Waals surface area contributed by atoms with Crippen molar-refractivity contribution >= 4 is 58.6 Å². The van der Waals surface area contributed by atoms with E-state index in [2.05, 4.69) is 21.3 Å². The first kappa shape index (κ1) is 47.9. The molecule has 2 aliphatic carbocycles. The second-order valence-electron chi connectivity index (χ2n) is 17.9. The Morgan fingerprint density at radius 1 is 0.567 bits per heavy atom. The Morgan fingerprint density at radius 3 is 1.36 bits per heavy atom. The normalized spacial score (nSPS) is 19.8. The van der Waals surface area contributed by atoms with Gasteiger partial charge < -0.3 is 50.4 Å². The first-order valence-electron chi connectivity index (χ1n) is 22.7. The summed E-state index contributed by atoms with van der Waals surface area (Å²) in [5.74, 6) is -0.164. The zero-order valence-corrected chi connectivity index (χ0v) is 39.2. The van der Waals surface area contributed by atoms with Gasteiger partial charge >= 0.3 is 24.0 Å². The van der Waals surface area contributed by atoms with Crippen LogP contribution in [0.2, 0.25) is 0 Å². The molecule has 0 spiro atoms. The molecule has 4 aromatic carbocycles. The lowest BCUT2D eigenvalue weighted by atomic mass is 9.84. The third-order valence-corrected chi connectivity index (χ3v) is 13.6. The van der Waals surface area contributed by atoms with Gasteiger partial charge in [0.2, 0.25) is 11.8 Å². The van der Waals surface area contributed by atoms with Crippen LogP contribution in [0.15, 0.2) is 60.7 Å². The number of aromatic carboxylic acids is 1. The number of carboxylic acids is 1. The van der Waals surface area contributed by atoms with Gasteiger partial charge in [0.25, 0.3) is 0 Å². The van der Waals surface area contributed by atoms with Crippen LogP contribution < -0.4 is 30.7 Å². The molecule has 16 heteroatoms. The van der Waals surface area contributed by atoms with Crippen LogP contribution in [-0.4, -0.2) is 84.1 Å². The number of carboxylic acid groups (broad SMARTS) is 1. The van der Waals surface area contributed by atoms with Crippen molar-refractivity contribution in [2.24, 2.45) is 11.8 Å². The summed E-state index contributed by atoms with van der Waals surface area (Å²) in [5.41, 5.74) is 8.98. The molecule has 2 fully saturated rings. The highest BCUT2D eigenvalue weighted by molar-refractivity contribution is 5.98. The molecule has 0 aromatic heterocycles. The predicted octanol–water partition coefficient (Wildman–Crippen LogP) is 9.20. The van der Waals surface area contributed by atoms with Crippen LogP contribution in [0.4, 0.5) is 32.3 Å². The van der Waals surface area contributed by atoms with Crippen molar-refractivity contribution in [2.75, 3.05) is 42.6 Å². The van der Waals surface area contributed by atoms with E-state index in [-0.39, 0.29) is 53.4 Å². The highest BCUT2D eigenvalue weighted by atomic mass is 16.5. The molecule has 2 aliphatic heterocycles. The topological polar surface area (TPSA) is 205 Å². The fourth-order valence-corrected chi connectivity index (χ4v) is 9.67. The van der Waals surface area contributed by atoms with E-state index in [0.29, 0.717) is 48.6 Å². The van der Waals surface area contributed by atoms with Crippen molar-refractivity contribution in [3.05, 3.63) is 105 Å². The fourth-order valence-electron chi connectivity index (χ4n) is 9.67. The Bertz CT molecular complexity index is 2580. The number of carbonyl (C=O) groups excluding carboxylic acids is 5. The van der Waals surface area contributed by atoms with Crippen molar-refractivity contribution in [1.82, 2.24) is 9.80 Å². The molecule has 0 atom stereocenters. The Hall–Kier alpha value is -7.10. The number of aryl methyl sites for hydroxylation is 4. The summed E-state index contributed by atoms with van der Waals surface area (Å²) < 4.78 is 15.5. The second-order valence-corrected chi connectivity index (χ2v) is 17.9. The quantitative estimate of drug-likeness (QED) is 0.0954. The molecule has 4 aromatic rings. The van der Waals surface area contributed by atoms with Crippen LogP contribution in [0.3, 0.4) is 0 Å². The molecule has 2 heterocycles. The Balaban J connectivity index is 0.000000199. The maximum Gasteiger partial charge on any atom is 0.337 e. The van der Waals surface area contributed by atoms with E-state index >= 15 is 0 Å². The lowest BCUT2D eigenvalue weighted by molar-refractivity contribution is -0.121. The molecule has 0 unspecified atom stereocenters. The summed E-state index contributed by atoms with van der Waals surface area (Å²) in [6, 6.07) is 17.6. The molecule has 0 bridgehead atoms. The number of amides is 6. The average molecular weight is 917 g/mol. The number of rotatable bonds is 10. The van der Waals surface area contributed by atoms with Crippen molar-refractivity contribution in [2.45, 2.75) is 104 Å². The van der Waals surface area contributed by atoms with Crippen LogP contribution in [0.1, 0.15) is 105 Å². The monoisotopic (exact) mass is 916 g/mol. The number of methoxy groups -OCH3 is 3. The Kier molecular flexibility index (Phi) is 14.7. The summed E-state index contributed by atoms with van der Waals surface area (Å²) in [4.78, 5) is 78.2. The number of benzene rings is 4. The Labute approximate surface area is 390 Å². The van der Waals surface area contributed by atoms with E-state index in [4.69, 9.17) is 14.2 Å². The summed E-state index contributed by atoms with van der Waals surface area (Å²) in [5, 5.41) is 21.1. The highest BCUT2D eigenvalue weighted by Crippen LogP contribution is 2.37. The number of carbonyl (C=O) groups is 6. The van der Waals surface area contributed by atoms with Crippen molar-refractivity contribution < 1.29 is 48.1 Å².